The first kappa shape index (κ1) is 18.3. The smallest absolute Gasteiger partial charge is 0.312 e. The highest BCUT2D eigenvalue weighted by atomic mass is 32.1. The zero-order valence-electron chi connectivity index (χ0n) is 14.8. The van der Waals surface area contributed by atoms with Gasteiger partial charge in [-0.25, -0.2) is 4.98 Å². The van der Waals surface area contributed by atoms with Crippen LogP contribution in [0.3, 0.4) is 0 Å². The summed E-state index contributed by atoms with van der Waals surface area (Å²) in [5, 5.41) is 8.67. The van der Waals surface area contributed by atoms with E-state index in [2.05, 4.69) is 15.1 Å². The molecule has 0 radical (unpaired) electrons. The average Bonchev–Trinajstić information content (AvgIpc) is 3.47. The van der Waals surface area contributed by atoms with E-state index in [-0.39, 0.29) is 18.9 Å². The fraction of sp³-hybridized carbons (Fsp3) is 0.158. The fourth-order valence-electron chi connectivity index (χ4n) is 2.41. The van der Waals surface area contributed by atoms with Gasteiger partial charge in [0.1, 0.15) is 10.8 Å². The van der Waals surface area contributed by atoms with Gasteiger partial charge in [0.05, 0.1) is 24.1 Å². The van der Waals surface area contributed by atoms with Crippen LogP contribution >= 0.6 is 22.7 Å². The Balaban J connectivity index is 1.32. The van der Waals surface area contributed by atoms with E-state index in [1.807, 2.05) is 47.2 Å². The summed E-state index contributed by atoms with van der Waals surface area (Å²) in [5.41, 5.74) is 1.47. The second-order valence-electron chi connectivity index (χ2n) is 5.70. The minimum atomic E-state index is -0.396. The van der Waals surface area contributed by atoms with Crippen molar-refractivity contribution in [1.82, 2.24) is 15.1 Å². The summed E-state index contributed by atoms with van der Waals surface area (Å²) in [5.74, 6) is 1.00. The van der Waals surface area contributed by atoms with E-state index < -0.39 is 5.97 Å². The van der Waals surface area contributed by atoms with Gasteiger partial charge in [-0.1, -0.05) is 11.2 Å². The molecule has 0 amide bonds. The van der Waals surface area contributed by atoms with Crippen LogP contribution in [0.5, 0.6) is 5.75 Å². The highest BCUT2D eigenvalue weighted by Gasteiger charge is 2.14. The average molecular weight is 413 g/mol. The van der Waals surface area contributed by atoms with Gasteiger partial charge in [0, 0.05) is 10.9 Å². The Labute approximate surface area is 168 Å². The highest BCUT2D eigenvalue weighted by Crippen LogP contribution is 2.28. The molecule has 0 spiro atoms. The second kappa shape index (κ2) is 8.32. The van der Waals surface area contributed by atoms with Gasteiger partial charge in [-0.15, -0.1) is 22.7 Å². The second-order valence-corrected chi connectivity index (χ2v) is 7.50. The first-order chi connectivity index (χ1) is 13.7. The van der Waals surface area contributed by atoms with Gasteiger partial charge in [0.15, 0.2) is 6.61 Å². The molecule has 1 aromatic carbocycles. The molecule has 7 nitrogen and oxygen atoms in total. The number of aromatic nitrogens is 3. The number of carbonyl (C=O) groups is 1. The van der Waals surface area contributed by atoms with Gasteiger partial charge in [0.25, 0.3) is 5.89 Å². The van der Waals surface area contributed by atoms with Crippen molar-refractivity contribution >= 4 is 28.6 Å². The molecule has 0 saturated heterocycles. The Morgan fingerprint density at radius 2 is 2.00 bits per heavy atom. The van der Waals surface area contributed by atoms with E-state index in [1.165, 1.54) is 11.3 Å². The zero-order chi connectivity index (χ0) is 19.3. The van der Waals surface area contributed by atoms with Gasteiger partial charge in [-0.2, -0.15) is 4.98 Å². The lowest BCUT2D eigenvalue weighted by molar-refractivity contribution is -0.144. The minimum absolute atomic E-state index is 0.0795. The predicted octanol–water partition coefficient (Wildman–Crippen LogP) is 4.22. The molecule has 0 N–H and O–H groups in total. The molecular weight excluding hydrogens is 398 g/mol. The molecule has 0 bridgehead atoms. The minimum Gasteiger partial charge on any atom is -0.497 e. The molecule has 3 heterocycles. The van der Waals surface area contributed by atoms with Crippen molar-refractivity contribution in [2.75, 3.05) is 7.11 Å². The molecule has 0 aliphatic rings. The maximum Gasteiger partial charge on any atom is 0.312 e. The van der Waals surface area contributed by atoms with Gasteiger partial charge < -0.3 is 14.0 Å². The third-order valence-corrected chi connectivity index (χ3v) is 5.71. The molecule has 0 aliphatic heterocycles. The van der Waals surface area contributed by atoms with Crippen molar-refractivity contribution in [1.29, 1.82) is 0 Å². The van der Waals surface area contributed by atoms with Crippen LogP contribution in [0.4, 0.5) is 0 Å². The van der Waals surface area contributed by atoms with Crippen LogP contribution in [0.1, 0.15) is 11.6 Å². The van der Waals surface area contributed by atoms with Crippen molar-refractivity contribution in [2.45, 2.75) is 13.0 Å². The lowest BCUT2D eigenvalue weighted by Crippen LogP contribution is -2.08. The SMILES string of the molecule is COc1ccc(-c2noc(COC(=O)Cc3csc(-c4cccs4)n3)n2)cc1. The van der Waals surface area contributed by atoms with Crippen LogP contribution in [-0.2, 0) is 22.6 Å². The first-order valence-electron chi connectivity index (χ1n) is 8.32. The number of thiophene rings is 1. The summed E-state index contributed by atoms with van der Waals surface area (Å²) >= 11 is 3.12. The van der Waals surface area contributed by atoms with Crippen molar-refractivity contribution in [2.24, 2.45) is 0 Å². The number of rotatable bonds is 7. The third kappa shape index (κ3) is 4.26. The standard InChI is InChI=1S/C19H15N3O4S2/c1-24-14-6-4-12(5-7-14)18-21-16(26-22-18)10-25-17(23)9-13-11-28-19(20-13)15-3-2-8-27-15/h2-8,11H,9-10H2,1H3. The number of hydrogen-bond donors (Lipinski definition) is 0. The Morgan fingerprint density at radius 3 is 2.75 bits per heavy atom. The molecule has 9 heteroatoms. The van der Waals surface area contributed by atoms with E-state index in [1.54, 1.807) is 18.4 Å². The molecule has 0 aliphatic carbocycles. The molecule has 4 aromatic rings. The maximum absolute atomic E-state index is 12.1. The van der Waals surface area contributed by atoms with E-state index >= 15 is 0 Å². The van der Waals surface area contributed by atoms with Crippen LogP contribution in [0.15, 0.2) is 51.7 Å². The Kier molecular flexibility index (Phi) is 5.45. The van der Waals surface area contributed by atoms with E-state index in [0.29, 0.717) is 11.5 Å². The van der Waals surface area contributed by atoms with Crippen molar-refractivity contribution < 1.29 is 18.8 Å². The summed E-state index contributed by atoms with van der Waals surface area (Å²) < 4.78 is 15.5. The van der Waals surface area contributed by atoms with E-state index in [9.17, 15) is 4.79 Å². The van der Waals surface area contributed by atoms with Crippen LogP contribution in [-0.4, -0.2) is 28.2 Å². The van der Waals surface area contributed by atoms with Crippen LogP contribution in [0.25, 0.3) is 21.3 Å². The van der Waals surface area contributed by atoms with Crippen LogP contribution in [0.2, 0.25) is 0 Å². The summed E-state index contributed by atoms with van der Waals surface area (Å²) in [6.45, 7) is -0.0795. The van der Waals surface area contributed by atoms with Gasteiger partial charge in [-0.05, 0) is 35.7 Å². The maximum atomic E-state index is 12.1. The van der Waals surface area contributed by atoms with Gasteiger partial charge in [0.2, 0.25) is 5.82 Å². The number of ether oxygens (including phenoxy) is 2. The van der Waals surface area contributed by atoms with Gasteiger partial charge >= 0.3 is 5.97 Å². The number of carbonyl (C=O) groups excluding carboxylic acids is 1. The Morgan fingerprint density at radius 1 is 1.14 bits per heavy atom. The number of thiazole rings is 1. The molecule has 3 aromatic heterocycles. The van der Waals surface area contributed by atoms with Crippen molar-refractivity contribution in [3.63, 3.8) is 0 Å². The molecular formula is C19H15N3O4S2. The lowest BCUT2D eigenvalue weighted by Gasteiger charge is -2.00. The number of methoxy groups -OCH3 is 1. The Bertz CT molecular complexity index is 1060. The molecule has 0 unspecified atom stereocenters. The molecule has 0 atom stereocenters. The Hall–Kier alpha value is -3.04. The molecule has 0 saturated carbocycles. The van der Waals surface area contributed by atoms with Crippen LogP contribution < -0.4 is 4.74 Å². The normalized spacial score (nSPS) is 10.8. The van der Waals surface area contributed by atoms with Crippen molar-refractivity contribution in [3.05, 3.63) is 58.7 Å². The van der Waals surface area contributed by atoms with E-state index in [4.69, 9.17) is 14.0 Å². The molecule has 142 valence electrons. The molecule has 0 fully saturated rings. The largest absolute Gasteiger partial charge is 0.497 e. The fourth-order valence-corrected chi connectivity index (χ4v) is 4.05. The lowest BCUT2D eigenvalue weighted by atomic mass is 10.2. The molecule has 28 heavy (non-hydrogen) atoms. The number of benzene rings is 1. The number of hydrogen-bond acceptors (Lipinski definition) is 9. The number of esters is 1. The summed E-state index contributed by atoms with van der Waals surface area (Å²) in [4.78, 5) is 21.9. The van der Waals surface area contributed by atoms with Crippen LogP contribution in [0, 0.1) is 0 Å². The van der Waals surface area contributed by atoms with Gasteiger partial charge in [-0.3, -0.25) is 4.79 Å². The summed E-state index contributed by atoms with van der Waals surface area (Å²) in [6.07, 6.45) is 0.0986. The first-order valence-corrected chi connectivity index (χ1v) is 10.1. The summed E-state index contributed by atoms with van der Waals surface area (Å²) in [6, 6.07) is 11.2. The highest BCUT2D eigenvalue weighted by molar-refractivity contribution is 7.20. The van der Waals surface area contributed by atoms with E-state index in [0.717, 1.165) is 21.2 Å². The predicted molar refractivity (Wildman–Crippen MR) is 105 cm³/mol. The van der Waals surface area contributed by atoms with Crippen molar-refractivity contribution in [3.8, 4) is 27.0 Å². The topological polar surface area (TPSA) is 87.3 Å². The number of nitrogens with zero attached hydrogens (tertiary/aromatic N) is 3. The third-order valence-electron chi connectivity index (χ3n) is 3.78. The molecule has 4 rings (SSSR count). The summed E-state index contributed by atoms with van der Waals surface area (Å²) in [7, 11) is 1.60. The zero-order valence-corrected chi connectivity index (χ0v) is 16.5. The monoisotopic (exact) mass is 413 g/mol. The quantitative estimate of drug-likeness (QED) is 0.419.